The molecule has 1 atom stereocenters. The molecule has 0 aliphatic carbocycles. The Hall–Kier alpha value is -2.30. The molecule has 4 heteroatoms. The minimum absolute atomic E-state index is 0.200. The summed E-state index contributed by atoms with van der Waals surface area (Å²) in [5, 5.41) is 9.74. The van der Waals surface area contributed by atoms with Crippen LogP contribution in [0.1, 0.15) is 18.1 Å². The topological polar surface area (TPSA) is 35.9 Å². The molecule has 0 radical (unpaired) electrons. The molecule has 1 saturated heterocycles. The van der Waals surface area contributed by atoms with Crippen LogP contribution >= 0.6 is 0 Å². The molecule has 0 saturated carbocycles. The average molecular weight is 367 g/mol. The zero-order chi connectivity index (χ0) is 19.1. The summed E-state index contributed by atoms with van der Waals surface area (Å²) in [5.74, 6) is 0.751. The molecule has 27 heavy (non-hydrogen) atoms. The van der Waals surface area contributed by atoms with E-state index in [4.69, 9.17) is 4.74 Å². The molecule has 3 rings (SSSR count). The average Bonchev–Trinajstić information content (AvgIpc) is 2.70. The highest BCUT2D eigenvalue weighted by Gasteiger charge is 2.20. The van der Waals surface area contributed by atoms with E-state index in [2.05, 4.69) is 53.1 Å². The lowest BCUT2D eigenvalue weighted by Gasteiger charge is -2.37. The molecule has 0 bridgehead atoms. The molecule has 2 aromatic rings. The molecule has 1 unspecified atom stereocenters. The number of methoxy groups -OCH3 is 1. The van der Waals surface area contributed by atoms with Crippen LogP contribution in [-0.4, -0.2) is 60.8 Å². The molecule has 1 N–H and O–H groups in total. The molecule has 4 nitrogen and oxygen atoms in total. The lowest BCUT2D eigenvalue weighted by molar-refractivity contribution is 0.110. The number of rotatable bonds is 7. The minimum atomic E-state index is 0.200. The van der Waals surface area contributed by atoms with Gasteiger partial charge in [-0.3, -0.25) is 9.80 Å². The van der Waals surface area contributed by atoms with Gasteiger partial charge in [-0.05, 0) is 36.6 Å². The number of aromatic hydroxyl groups is 1. The lowest BCUT2D eigenvalue weighted by Crippen LogP contribution is -2.50. The summed E-state index contributed by atoms with van der Waals surface area (Å²) in [7, 11) is 1.59. The normalized spacial score (nSPS) is 17.3. The number of hydrogen-bond donors (Lipinski definition) is 1. The number of nitrogens with zero attached hydrogens (tertiary/aromatic N) is 2. The molecule has 2 aromatic carbocycles. The first kappa shape index (κ1) is 19.5. The van der Waals surface area contributed by atoms with Crippen molar-refractivity contribution in [3.05, 3.63) is 65.7 Å². The molecule has 0 spiro atoms. The van der Waals surface area contributed by atoms with E-state index in [-0.39, 0.29) is 5.75 Å². The number of ether oxygens (including phenoxy) is 1. The van der Waals surface area contributed by atoms with Gasteiger partial charge in [-0.2, -0.15) is 0 Å². The van der Waals surface area contributed by atoms with E-state index >= 15 is 0 Å². The van der Waals surface area contributed by atoms with E-state index in [1.165, 1.54) is 11.1 Å². The Morgan fingerprint density at radius 1 is 1.07 bits per heavy atom. The minimum Gasteiger partial charge on any atom is -0.504 e. The third kappa shape index (κ3) is 5.59. The summed E-state index contributed by atoms with van der Waals surface area (Å²) in [5.41, 5.74) is 2.46. The van der Waals surface area contributed by atoms with Crippen LogP contribution in [0, 0.1) is 0 Å². The summed E-state index contributed by atoms with van der Waals surface area (Å²) in [6, 6.07) is 16.6. The van der Waals surface area contributed by atoms with E-state index in [9.17, 15) is 5.11 Å². The smallest absolute Gasteiger partial charge is 0.160 e. The summed E-state index contributed by atoms with van der Waals surface area (Å²) >= 11 is 0. The summed E-state index contributed by atoms with van der Waals surface area (Å²) in [6.45, 7) is 7.67. The molecular formula is C23H30N2O2. The van der Waals surface area contributed by atoms with Crippen molar-refractivity contribution in [2.75, 3.05) is 39.8 Å². The number of phenolic OH excluding ortho intramolecular Hbond substituents is 1. The highest BCUT2D eigenvalue weighted by Crippen LogP contribution is 2.27. The van der Waals surface area contributed by atoms with Crippen LogP contribution in [0.15, 0.2) is 54.6 Å². The quantitative estimate of drug-likeness (QED) is 0.811. The van der Waals surface area contributed by atoms with Crippen molar-refractivity contribution in [3.63, 3.8) is 0 Å². The van der Waals surface area contributed by atoms with Gasteiger partial charge >= 0.3 is 0 Å². The third-order valence-electron chi connectivity index (χ3n) is 5.28. The fourth-order valence-electron chi connectivity index (χ4n) is 3.61. The van der Waals surface area contributed by atoms with Gasteiger partial charge in [0.05, 0.1) is 7.11 Å². The SMILES string of the molecule is COc1cc(CC(C)N2CCN(C/C=C/c3ccccc3)CC2)ccc1O. The standard InChI is InChI=1S/C23H30N2O2/c1-19(17-21-10-11-22(26)23(18-21)27-2)25-15-13-24(14-16-25)12-6-9-20-7-4-3-5-8-20/h3-11,18-19,26H,12-17H2,1-2H3/b9-6+. The molecule has 1 aliphatic rings. The molecule has 0 amide bonds. The molecule has 144 valence electrons. The van der Waals surface area contributed by atoms with Crippen LogP contribution < -0.4 is 4.74 Å². The fraction of sp³-hybridized carbons (Fsp3) is 0.391. The predicted octanol–water partition coefficient (Wildman–Crippen LogP) is 3.66. The van der Waals surface area contributed by atoms with Gasteiger partial charge in [0, 0.05) is 38.8 Å². The van der Waals surface area contributed by atoms with Gasteiger partial charge in [0.25, 0.3) is 0 Å². The molecule has 1 aliphatic heterocycles. The van der Waals surface area contributed by atoms with Crippen LogP contribution in [0.2, 0.25) is 0 Å². The van der Waals surface area contributed by atoms with E-state index in [0.29, 0.717) is 11.8 Å². The fourth-order valence-corrected chi connectivity index (χ4v) is 3.61. The number of phenols is 1. The van der Waals surface area contributed by atoms with Gasteiger partial charge in [0.2, 0.25) is 0 Å². The predicted molar refractivity (Wildman–Crippen MR) is 111 cm³/mol. The van der Waals surface area contributed by atoms with Crippen molar-refractivity contribution < 1.29 is 9.84 Å². The van der Waals surface area contributed by atoms with Crippen LogP contribution in [0.5, 0.6) is 11.5 Å². The maximum atomic E-state index is 9.74. The first-order valence-electron chi connectivity index (χ1n) is 9.69. The van der Waals surface area contributed by atoms with Crippen LogP contribution in [-0.2, 0) is 6.42 Å². The number of benzene rings is 2. The van der Waals surface area contributed by atoms with Gasteiger partial charge in [0.15, 0.2) is 11.5 Å². The maximum Gasteiger partial charge on any atom is 0.160 e. The Kier molecular flexibility index (Phi) is 6.91. The Morgan fingerprint density at radius 3 is 2.52 bits per heavy atom. The van der Waals surface area contributed by atoms with Crippen LogP contribution in [0.4, 0.5) is 0 Å². The zero-order valence-corrected chi connectivity index (χ0v) is 16.3. The Morgan fingerprint density at radius 2 is 1.81 bits per heavy atom. The highest BCUT2D eigenvalue weighted by molar-refractivity contribution is 5.48. The monoisotopic (exact) mass is 366 g/mol. The highest BCUT2D eigenvalue weighted by atomic mass is 16.5. The van der Waals surface area contributed by atoms with Gasteiger partial charge in [0.1, 0.15) is 0 Å². The van der Waals surface area contributed by atoms with Gasteiger partial charge in [-0.1, -0.05) is 48.6 Å². The molecule has 0 aromatic heterocycles. The van der Waals surface area contributed by atoms with Crippen molar-refractivity contribution in [3.8, 4) is 11.5 Å². The second-order valence-corrected chi connectivity index (χ2v) is 7.21. The van der Waals surface area contributed by atoms with Crippen LogP contribution in [0.25, 0.3) is 6.08 Å². The summed E-state index contributed by atoms with van der Waals surface area (Å²) < 4.78 is 5.22. The summed E-state index contributed by atoms with van der Waals surface area (Å²) in [6.07, 6.45) is 5.43. The zero-order valence-electron chi connectivity index (χ0n) is 16.3. The number of piperazine rings is 1. The molecular weight excluding hydrogens is 336 g/mol. The van der Waals surface area contributed by atoms with Crippen molar-refractivity contribution in [1.82, 2.24) is 9.80 Å². The van der Waals surface area contributed by atoms with E-state index in [1.54, 1.807) is 13.2 Å². The van der Waals surface area contributed by atoms with Crippen molar-refractivity contribution in [2.45, 2.75) is 19.4 Å². The molecule has 1 heterocycles. The Bertz CT molecular complexity index is 737. The van der Waals surface area contributed by atoms with Crippen molar-refractivity contribution >= 4 is 6.08 Å². The second kappa shape index (κ2) is 9.58. The van der Waals surface area contributed by atoms with E-state index in [0.717, 1.165) is 39.1 Å². The second-order valence-electron chi connectivity index (χ2n) is 7.21. The largest absolute Gasteiger partial charge is 0.504 e. The van der Waals surface area contributed by atoms with Gasteiger partial charge in [-0.15, -0.1) is 0 Å². The lowest BCUT2D eigenvalue weighted by atomic mass is 10.0. The Labute approximate surface area is 162 Å². The first-order chi connectivity index (χ1) is 13.2. The Balaban J connectivity index is 1.45. The van der Waals surface area contributed by atoms with Crippen molar-refractivity contribution in [1.29, 1.82) is 0 Å². The molecule has 1 fully saturated rings. The third-order valence-corrected chi connectivity index (χ3v) is 5.28. The maximum absolute atomic E-state index is 9.74. The van der Waals surface area contributed by atoms with Crippen LogP contribution in [0.3, 0.4) is 0 Å². The summed E-state index contributed by atoms with van der Waals surface area (Å²) in [4.78, 5) is 5.06. The van der Waals surface area contributed by atoms with Crippen molar-refractivity contribution in [2.24, 2.45) is 0 Å². The first-order valence-corrected chi connectivity index (χ1v) is 9.69. The van der Waals surface area contributed by atoms with Gasteiger partial charge < -0.3 is 9.84 Å². The van der Waals surface area contributed by atoms with Gasteiger partial charge in [-0.25, -0.2) is 0 Å². The van der Waals surface area contributed by atoms with E-state index in [1.807, 2.05) is 18.2 Å². The number of hydrogen-bond acceptors (Lipinski definition) is 4. The van der Waals surface area contributed by atoms with E-state index < -0.39 is 0 Å².